The van der Waals surface area contributed by atoms with Crippen LogP contribution >= 0.6 is 0 Å². The van der Waals surface area contributed by atoms with Crippen LogP contribution in [0.1, 0.15) is 48.0 Å². The molecule has 0 atom stereocenters. The summed E-state index contributed by atoms with van der Waals surface area (Å²) in [6.45, 7) is 0. The number of nitriles is 1. The summed E-state index contributed by atoms with van der Waals surface area (Å²) in [5.41, 5.74) is 3.43. The van der Waals surface area contributed by atoms with E-state index in [0.29, 0.717) is 5.56 Å². The Morgan fingerprint density at radius 1 is 0.955 bits per heavy atom. The van der Waals surface area contributed by atoms with Crippen molar-refractivity contribution in [1.29, 1.82) is 5.26 Å². The summed E-state index contributed by atoms with van der Waals surface area (Å²) >= 11 is 0. The lowest BCUT2D eigenvalue weighted by atomic mass is 9.82. The van der Waals surface area contributed by atoms with Gasteiger partial charge in [0.15, 0.2) is 5.78 Å². The number of hydrogen-bond donors (Lipinski definition) is 0. The molecule has 2 aromatic carbocycles. The summed E-state index contributed by atoms with van der Waals surface area (Å²) in [6, 6.07) is 17.4. The van der Waals surface area contributed by atoms with Gasteiger partial charge in [-0.3, -0.25) is 4.79 Å². The lowest BCUT2D eigenvalue weighted by molar-refractivity contribution is 0.0890. The number of rotatable bonds is 3. The van der Waals surface area contributed by atoms with Crippen LogP contribution in [-0.2, 0) is 0 Å². The highest BCUT2D eigenvalue weighted by Gasteiger charge is 2.24. The minimum atomic E-state index is 0.174. The number of benzene rings is 2. The van der Waals surface area contributed by atoms with Gasteiger partial charge in [0.25, 0.3) is 0 Å². The predicted molar refractivity (Wildman–Crippen MR) is 87.5 cm³/mol. The van der Waals surface area contributed by atoms with E-state index in [1.54, 1.807) is 12.1 Å². The maximum Gasteiger partial charge on any atom is 0.166 e. The Morgan fingerprint density at radius 2 is 1.64 bits per heavy atom. The maximum atomic E-state index is 12.9. The van der Waals surface area contributed by atoms with E-state index in [4.69, 9.17) is 5.26 Å². The van der Waals surface area contributed by atoms with Crippen LogP contribution in [0.3, 0.4) is 0 Å². The molecular formula is C20H19NO. The Kier molecular flexibility index (Phi) is 4.34. The van der Waals surface area contributed by atoms with E-state index in [1.165, 1.54) is 6.42 Å². The van der Waals surface area contributed by atoms with Gasteiger partial charge in [0.05, 0.1) is 11.6 Å². The quantitative estimate of drug-likeness (QED) is 0.747. The summed E-state index contributed by atoms with van der Waals surface area (Å²) < 4.78 is 0. The molecule has 0 bridgehead atoms. The molecular weight excluding hydrogens is 270 g/mol. The Morgan fingerprint density at radius 3 is 2.32 bits per heavy atom. The average Bonchev–Trinajstić information content (AvgIpc) is 2.62. The molecule has 110 valence electrons. The van der Waals surface area contributed by atoms with Gasteiger partial charge in [-0.15, -0.1) is 0 Å². The van der Waals surface area contributed by atoms with Gasteiger partial charge in [0.1, 0.15) is 0 Å². The zero-order chi connectivity index (χ0) is 15.4. The number of Topliss-reactive ketones (excluding diaryl/α,β-unsaturated/α-hetero) is 1. The van der Waals surface area contributed by atoms with Crippen molar-refractivity contribution >= 4 is 5.78 Å². The molecule has 0 spiro atoms. The molecule has 2 aromatic rings. The average molecular weight is 289 g/mol. The zero-order valence-corrected chi connectivity index (χ0v) is 12.6. The van der Waals surface area contributed by atoms with Crippen molar-refractivity contribution in [2.24, 2.45) is 5.92 Å². The molecule has 3 rings (SSSR count). The SMILES string of the molecule is N#Cc1ccc(-c2ccccc2C(=O)C2CCCCC2)cc1. The van der Waals surface area contributed by atoms with Gasteiger partial charge in [0.2, 0.25) is 0 Å². The number of nitrogens with zero attached hydrogens (tertiary/aromatic N) is 1. The smallest absolute Gasteiger partial charge is 0.166 e. The van der Waals surface area contributed by atoms with E-state index in [-0.39, 0.29) is 11.7 Å². The van der Waals surface area contributed by atoms with Gasteiger partial charge in [-0.05, 0) is 36.1 Å². The van der Waals surface area contributed by atoms with E-state index in [9.17, 15) is 4.79 Å². The topological polar surface area (TPSA) is 40.9 Å². The molecule has 0 heterocycles. The fraction of sp³-hybridized carbons (Fsp3) is 0.300. The van der Waals surface area contributed by atoms with Gasteiger partial charge in [0, 0.05) is 11.5 Å². The normalized spacial score (nSPS) is 15.2. The fourth-order valence-corrected chi connectivity index (χ4v) is 3.26. The second kappa shape index (κ2) is 6.58. The van der Waals surface area contributed by atoms with Crippen LogP contribution in [0.4, 0.5) is 0 Å². The molecule has 0 amide bonds. The molecule has 1 fully saturated rings. The van der Waals surface area contributed by atoms with E-state index in [2.05, 4.69) is 6.07 Å². The van der Waals surface area contributed by atoms with Crippen LogP contribution in [-0.4, -0.2) is 5.78 Å². The number of hydrogen-bond acceptors (Lipinski definition) is 2. The highest BCUT2D eigenvalue weighted by atomic mass is 16.1. The summed E-state index contributed by atoms with van der Waals surface area (Å²) in [4.78, 5) is 12.9. The van der Waals surface area contributed by atoms with E-state index >= 15 is 0 Å². The monoisotopic (exact) mass is 289 g/mol. The van der Waals surface area contributed by atoms with Crippen LogP contribution < -0.4 is 0 Å². The summed E-state index contributed by atoms with van der Waals surface area (Å²) in [5, 5.41) is 8.91. The van der Waals surface area contributed by atoms with Gasteiger partial charge in [-0.2, -0.15) is 5.26 Å². The third-order valence-electron chi connectivity index (χ3n) is 4.49. The van der Waals surface area contributed by atoms with Crippen molar-refractivity contribution in [1.82, 2.24) is 0 Å². The van der Waals surface area contributed by atoms with Gasteiger partial charge < -0.3 is 0 Å². The van der Waals surface area contributed by atoms with E-state index in [1.807, 2.05) is 36.4 Å². The Balaban J connectivity index is 1.95. The third kappa shape index (κ3) is 2.94. The van der Waals surface area contributed by atoms with Crippen molar-refractivity contribution in [3.8, 4) is 17.2 Å². The Bertz CT molecular complexity index is 703. The first-order valence-electron chi connectivity index (χ1n) is 7.93. The molecule has 1 saturated carbocycles. The minimum Gasteiger partial charge on any atom is -0.294 e. The molecule has 0 radical (unpaired) electrons. The zero-order valence-electron chi connectivity index (χ0n) is 12.6. The van der Waals surface area contributed by atoms with Gasteiger partial charge >= 0.3 is 0 Å². The Hall–Kier alpha value is -2.40. The largest absolute Gasteiger partial charge is 0.294 e. The van der Waals surface area contributed by atoms with E-state index in [0.717, 1.165) is 42.4 Å². The van der Waals surface area contributed by atoms with Crippen LogP contribution in [0.5, 0.6) is 0 Å². The number of carbonyl (C=O) groups excluding carboxylic acids is 1. The van der Waals surface area contributed by atoms with Crippen molar-refractivity contribution in [2.45, 2.75) is 32.1 Å². The molecule has 0 aliphatic heterocycles. The standard InChI is InChI=1S/C20H19NO/c21-14-15-10-12-16(13-11-15)18-8-4-5-9-19(18)20(22)17-6-2-1-3-7-17/h4-5,8-13,17H,1-3,6-7H2. The van der Waals surface area contributed by atoms with Crippen molar-refractivity contribution < 1.29 is 4.79 Å². The van der Waals surface area contributed by atoms with Gasteiger partial charge in [-0.25, -0.2) is 0 Å². The molecule has 0 unspecified atom stereocenters. The highest BCUT2D eigenvalue weighted by Crippen LogP contribution is 2.31. The molecule has 0 saturated heterocycles. The Labute approximate surface area is 131 Å². The highest BCUT2D eigenvalue weighted by molar-refractivity contribution is 6.03. The van der Waals surface area contributed by atoms with Crippen LogP contribution in [0.15, 0.2) is 48.5 Å². The van der Waals surface area contributed by atoms with Gasteiger partial charge in [-0.1, -0.05) is 55.7 Å². The molecule has 2 nitrogen and oxygen atoms in total. The van der Waals surface area contributed by atoms with Crippen molar-refractivity contribution in [3.63, 3.8) is 0 Å². The molecule has 1 aliphatic carbocycles. The number of ketones is 1. The summed E-state index contributed by atoms with van der Waals surface area (Å²) in [6.07, 6.45) is 5.60. The van der Waals surface area contributed by atoms with E-state index < -0.39 is 0 Å². The first-order chi connectivity index (χ1) is 10.8. The lowest BCUT2D eigenvalue weighted by Crippen LogP contribution is -2.18. The summed E-state index contributed by atoms with van der Waals surface area (Å²) in [7, 11) is 0. The van der Waals surface area contributed by atoms with Crippen LogP contribution in [0.2, 0.25) is 0 Å². The fourth-order valence-electron chi connectivity index (χ4n) is 3.26. The minimum absolute atomic E-state index is 0.174. The van der Waals surface area contributed by atoms with Crippen molar-refractivity contribution in [3.05, 3.63) is 59.7 Å². The summed E-state index contributed by atoms with van der Waals surface area (Å²) in [5.74, 6) is 0.452. The van der Waals surface area contributed by atoms with Crippen molar-refractivity contribution in [2.75, 3.05) is 0 Å². The first-order valence-corrected chi connectivity index (χ1v) is 7.93. The number of carbonyl (C=O) groups is 1. The molecule has 0 N–H and O–H groups in total. The first kappa shape index (κ1) is 14.5. The second-order valence-corrected chi connectivity index (χ2v) is 5.93. The lowest BCUT2D eigenvalue weighted by Gasteiger charge is -2.21. The van der Waals surface area contributed by atoms with Crippen LogP contribution in [0, 0.1) is 17.2 Å². The molecule has 2 heteroatoms. The third-order valence-corrected chi connectivity index (χ3v) is 4.49. The predicted octanol–water partition coefficient (Wildman–Crippen LogP) is 4.99. The van der Waals surface area contributed by atoms with Crippen LogP contribution in [0.25, 0.3) is 11.1 Å². The molecule has 0 aromatic heterocycles. The maximum absolute atomic E-state index is 12.9. The molecule has 1 aliphatic rings. The second-order valence-electron chi connectivity index (χ2n) is 5.93. The molecule has 22 heavy (non-hydrogen) atoms.